The Hall–Kier alpha value is -0.870. The average Bonchev–Trinajstić information content (AvgIpc) is 2.96. The highest BCUT2D eigenvalue weighted by atomic mass is 32.2. The van der Waals surface area contributed by atoms with Crippen molar-refractivity contribution in [3.05, 3.63) is 0 Å². The number of carbonyl (C=O) groups is 1. The maximum absolute atomic E-state index is 12.5. The Bertz CT molecular complexity index is 616. The van der Waals surface area contributed by atoms with E-state index < -0.39 is 9.84 Å². The van der Waals surface area contributed by atoms with Crippen LogP contribution in [0.3, 0.4) is 0 Å². The van der Waals surface area contributed by atoms with E-state index in [0.717, 1.165) is 0 Å². The molecule has 1 saturated heterocycles. The molecule has 0 spiro atoms. The number of amides is 1. The van der Waals surface area contributed by atoms with E-state index in [0.29, 0.717) is 22.4 Å². The summed E-state index contributed by atoms with van der Waals surface area (Å²) in [5, 5.41) is 7.62. The number of anilines is 1. The van der Waals surface area contributed by atoms with E-state index in [4.69, 9.17) is 5.73 Å². The number of aromatic nitrogens is 2. The zero-order chi connectivity index (χ0) is 15.6. The van der Waals surface area contributed by atoms with Gasteiger partial charge in [-0.05, 0) is 20.3 Å². The van der Waals surface area contributed by atoms with E-state index in [1.807, 2.05) is 6.92 Å². The molecule has 118 valence electrons. The van der Waals surface area contributed by atoms with Crippen LogP contribution >= 0.6 is 23.1 Å². The zero-order valence-corrected chi connectivity index (χ0v) is 14.3. The Morgan fingerprint density at radius 2 is 2.29 bits per heavy atom. The Morgan fingerprint density at radius 3 is 2.76 bits per heavy atom. The number of hydrogen-bond donors (Lipinski definition) is 1. The van der Waals surface area contributed by atoms with Gasteiger partial charge in [0.1, 0.15) is 0 Å². The number of nitrogens with two attached hydrogens (primary N) is 1. The number of nitrogens with zero attached hydrogens (tertiary/aromatic N) is 3. The summed E-state index contributed by atoms with van der Waals surface area (Å²) >= 11 is 2.54. The van der Waals surface area contributed by atoms with Crippen LogP contribution in [0.4, 0.5) is 5.13 Å². The van der Waals surface area contributed by atoms with Crippen molar-refractivity contribution in [2.24, 2.45) is 0 Å². The van der Waals surface area contributed by atoms with Crippen LogP contribution in [-0.2, 0) is 14.6 Å². The van der Waals surface area contributed by atoms with Gasteiger partial charge in [-0.1, -0.05) is 23.1 Å². The van der Waals surface area contributed by atoms with Gasteiger partial charge in [0.15, 0.2) is 14.2 Å². The summed E-state index contributed by atoms with van der Waals surface area (Å²) in [5.41, 5.74) is 5.52. The van der Waals surface area contributed by atoms with Gasteiger partial charge in [-0.15, -0.1) is 10.2 Å². The van der Waals surface area contributed by atoms with E-state index >= 15 is 0 Å². The van der Waals surface area contributed by atoms with E-state index in [1.165, 1.54) is 23.1 Å². The van der Waals surface area contributed by atoms with Crippen LogP contribution in [-0.4, -0.2) is 58.8 Å². The van der Waals surface area contributed by atoms with Gasteiger partial charge in [-0.3, -0.25) is 4.79 Å². The van der Waals surface area contributed by atoms with Crippen LogP contribution in [0.1, 0.15) is 20.3 Å². The standard InChI is InChI=1S/C11H18N4O3S3/c1-3-15(8-4-5-21(17,18)6-8)9(16)7(2)19-11-14-13-10(12)20-11/h7-8H,3-6H2,1-2H3,(H2,12,13)/t7-,8-/m1/s1. The minimum absolute atomic E-state index is 0.0652. The lowest BCUT2D eigenvalue weighted by Crippen LogP contribution is -2.44. The van der Waals surface area contributed by atoms with Crippen molar-refractivity contribution < 1.29 is 13.2 Å². The molecule has 2 heterocycles. The molecule has 1 amide bonds. The minimum atomic E-state index is -3.00. The summed E-state index contributed by atoms with van der Waals surface area (Å²) in [6, 6.07) is -0.213. The van der Waals surface area contributed by atoms with Crippen molar-refractivity contribution in [1.82, 2.24) is 15.1 Å². The number of nitrogen functional groups attached to an aromatic ring is 1. The highest BCUT2D eigenvalue weighted by Gasteiger charge is 2.35. The average molecular weight is 350 g/mol. The minimum Gasteiger partial charge on any atom is -0.374 e. The third-order valence-electron chi connectivity index (χ3n) is 3.32. The molecule has 7 nitrogen and oxygen atoms in total. The van der Waals surface area contributed by atoms with Crippen LogP contribution in [0, 0.1) is 0 Å². The lowest BCUT2D eigenvalue weighted by molar-refractivity contribution is -0.131. The van der Waals surface area contributed by atoms with Crippen LogP contribution in [0.25, 0.3) is 0 Å². The van der Waals surface area contributed by atoms with E-state index in [9.17, 15) is 13.2 Å². The first-order valence-corrected chi connectivity index (χ1v) is 10.1. The number of sulfone groups is 1. The summed E-state index contributed by atoms with van der Waals surface area (Å²) in [6.07, 6.45) is 0.519. The first kappa shape index (κ1) is 16.5. The molecule has 0 aromatic carbocycles. The molecular weight excluding hydrogens is 332 g/mol. The highest BCUT2D eigenvalue weighted by Crippen LogP contribution is 2.29. The Balaban J connectivity index is 2.02. The normalized spacial score (nSPS) is 22.1. The third kappa shape index (κ3) is 4.07. The number of thioether (sulfide) groups is 1. The van der Waals surface area contributed by atoms with E-state index in [-0.39, 0.29) is 28.7 Å². The van der Waals surface area contributed by atoms with E-state index in [1.54, 1.807) is 11.8 Å². The Morgan fingerprint density at radius 1 is 1.57 bits per heavy atom. The van der Waals surface area contributed by atoms with Gasteiger partial charge in [0.2, 0.25) is 11.0 Å². The lowest BCUT2D eigenvalue weighted by atomic mass is 10.2. The predicted octanol–water partition coefficient (Wildman–Crippen LogP) is 0.636. The molecule has 2 rings (SSSR count). The van der Waals surface area contributed by atoms with Gasteiger partial charge in [-0.25, -0.2) is 8.42 Å². The Kier molecular flexibility index (Phi) is 5.10. The molecule has 0 radical (unpaired) electrons. The quantitative estimate of drug-likeness (QED) is 0.776. The van der Waals surface area contributed by atoms with Crippen molar-refractivity contribution in [3.8, 4) is 0 Å². The van der Waals surface area contributed by atoms with Crippen LogP contribution in [0.5, 0.6) is 0 Å². The molecule has 0 bridgehead atoms. The molecule has 21 heavy (non-hydrogen) atoms. The monoisotopic (exact) mass is 350 g/mol. The van der Waals surface area contributed by atoms with Crippen molar-refractivity contribution in [2.45, 2.75) is 35.9 Å². The van der Waals surface area contributed by atoms with Crippen LogP contribution in [0.2, 0.25) is 0 Å². The van der Waals surface area contributed by atoms with E-state index in [2.05, 4.69) is 10.2 Å². The maximum atomic E-state index is 12.5. The molecule has 10 heteroatoms. The summed E-state index contributed by atoms with van der Waals surface area (Å²) in [5.74, 6) is 0.157. The zero-order valence-electron chi connectivity index (χ0n) is 11.9. The number of hydrogen-bond acceptors (Lipinski definition) is 8. The SMILES string of the molecule is CCN(C(=O)[C@@H](C)Sc1nnc(N)s1)[C@@H]1CCS(=O)(=O)C1. The molecule has 0 unspecified atom stereocenters. The summed E-state index contributed by atoms with van der Waals surface area (Å²) in [6.45, 7) is 4.15. The van der Waals surface area contributed by atoms with Crippen LogP contribution in [0.15, 0.2) is 4.34 Å². The van der Waals surface area contributed by atoms with Crippen molar-refractivity contribution in [2.75, 3.05) is 23.8 Å². The van der Waals surface area contributed by atoms with Gasteiger partial charge < -0.3 is 10.6 Å². The maximum Gasteiger partial charge on any atom is 0.236 e. The van der Waals surface area contributed by atoms with Crippen molar-refractivity contribution in [1.29, 1.82) is 0 Å². The first-order chi connectivity index (χ1) is 9.82. The number of carbonyl (C=O) groups excluding carboxylic acids is 1. The topological polar surface area (TPSA) is 106 Å². The smallest absolute Gasteiger partial charge is 0.236 e. The summed E-state index contributed by atoms with van der Waals surface area (Å²) in [7, 11) is -3.00. The van der Waals surface area contributed by atoms with Crippen molar-refractivity contribution >= 4 is 44.0 Å². The predicted molar refractivity (Wildman–Crippen MR) is 84.1 cm³/mol. The van der Waals surface area contributed by atoms with Gasteiger partial charge in [0.25, 0.3) is 0 Å². The highest BCUT2D eigenvalue weighted by molar-refractivity contribution is 8.02. The second kappa shape index (κ2) is 6.49. The van der Waals surface area contributed by atoms with Crippen molar-refractivity contribution in [3.63, 3.8) is 0 Å². The molecular formula is C11H18N4O3S3. The number of rotatable bonds is 5. The molecule has 0 aliphatic carbocycles. The Labute approximate surface area is 132 Å². The molecule has 1 aromatic heterocycles. The van der Waals surface area contributed by atoms with Gasteiger partial charge in [0, 0.05) is 12.6 Å². The molecule has 0 saturated carbocycles. The molecule has 1 aliphatic heterocycles. The molecule has 2 N–H and O–H groups in total. The fourth-order valence-corrected chi connectivity index (χ4v) is 5.90. The lowest BCUT2D eigenvalue weighted by Gasteiger charge is -2.29. The molecule has 1 aliphatic rings. The third-order valence-corrected chi connectivity index (χ3v) is 6.99. The van der Waals surface area contributed by atoms with Crippen LogP contribution < -0.4 is 5.73 Å². The summed E-state index contributed by atoms with van der Waals surface area (Å²) in [4.78, 5) is 14.2. The summed E-state index contributed by atoms with van der Waals surface area (Å²) < 4.78 is 23.8. The molecule has 1 fully saturated rings. The fourth-order valence-electron chi connectivity index (χ4n) is 2.32. The second-order valence-electron chi connectivity index (χ2n) is 4.85. The van der Waals surface area contributed by atoms with Gasteiger partial charge >= 0.3 is 0 Å². The fraction of sp³-hybridized carbons (Fsp3) is 0.727. The van der Waals surface area contributed by atoms with Gasteiger partial charge in [-0.2, -0.15) is 0 Å². The first-order valence-electron chi connectivity index (χ1n) is 6.59. The molecule has 2 atom stereocenters. The second-order valence-corrected chi connectivity index (χ2v) is 9.67. The largest absolute Gasteiger partial charge is 0.374 e. The van der Waals surface area contributed by atoms with Gasteiger partial charge in [0.05, 0.1) is 16.8 Å². The molecule has 1 aromatic rings.